The number of carbonyl (C=O) groups excluding carboxylic acids is 3. The molecule has 0 aliphatic carbocycles. The molecule has 0 saturated carbocycles. The zero-order valence-corrected chi connectivity index (χ0v) is 58.3. The van der Waals surface area contributed by atoms with Crippen molar-refractivity contribution in [2.45, 2.75) is 322 Å². The van der Waals surface area contributed by atoms with Gasteiger partial charge in [0, 0.05) is 12.8 Å². The van der Waals surface area contributed by atoms with Gasteiger partial charge in [0.1, 0.15) is 13.2 Å². The molecule has 0 N–H and O–H groups in total. The van der Waals surface area contributed by atoms with Crippen LogP contribution >= 0.6 is 0 Å². The number of quaternary nitrogens is 1. The third kappa shape index (κ3) is 71.0. The summed E-state index contributed by atoms with van der Waals surface area (Å²) in [7, 11) is 5.92. The van der Waals surface area contributed by atoms with Crippen LogP contribution in [0, 0.1) is 0 Å². The maximum Gasteiger partial charge on any atom is 0.306 e. The Kier molecular flexibility index (Phi) is 66.2. The van der Waals surface area contributed by atoms with Gasteiger partial charge in [-0.25, -0.2) is 0 Å². The van der Waals surface area contributed by atoms with E-state index in [1.807, 2.05) is 21.1 Å². The van der Waals surface area contributed by atoms with E-state index in [0.29, 0.717) is 17.4 Å². The molecule has 0 aromatic heterocycles. The average molecular weight is 1240 g/mol. The molecule has 0 aliphatic rings. The highest BCUT2D eigenvalue weighted by atomic mass is 16.7. The standard InChI is InChI=1S/C80H137NO8/c1-6-8-10-12-14-16-18-20-22-24-26-28-30-32-34-35-36-37-38-39-40-41-42-43-45-47-49-51-53-55-57-59-61-63-65-67-69-71-78(83)89-76(75-88-80(79(84)85)86-73-72-81(3,4)5)74-87-77(82)70-68-66-64-62-60-58-56-54-52-50-48-46-44-33-31-29-27-25-23-21-19-17-15-13-11-9-7-2/h8,10,14,16,20,22,26,28,32,34,36-37,39-40,42-43,47,49,53,55,76,80H,6-7,9,11-13,15,17-19,21,23-25,27,29-31,33,35,38,41,44-46,48,50-52,54,56-75H2,1-5H3/b10-8-,16-14-,22-20-,28-26-,34-32-,37-36-,40-39-,43-42-,49-47-,55-53-. The quantitative estimate of drug-likeness (QED) is 0.0195. The summed E-state index contributed by atoms with van der Waals surface area (Å²) in [6.07, 6.45) is 95.7. The van der Waals surface area contributed by atoms with Crippen molar-refractivity contribution in [3.8, 4) is 0 Å². The Morgan fingerprint density at radius 1 is 0.348 bits per heavy atom. The molecule has 0 aromatic rings. The number of carboxylic acid groups (broad SMARTS) is 1. The lowest BCUT2D eigenvalue weighted by molar-refractivity contribution is -0.870. The lowest BCUT2D eigenvalue weighted by Gasteiger charge is -2.26. The number of esters is 2. The van der Waals surface area contributed by atoms with Crippen LogP contribution in [0.25, 0.3) is 0 Å². The zero-order chi connectivity index (χ0) is 64.7. The summed E-state index contributed by atoms with van der Waals surface area (Å²) in [6.45, 7) is 4.65. The number of unbranched alkanes of at least 4 members (excludes halogenated alkanes) is 32. The second kappa shape index (κ2) is 69.6. The van der Waals surface area contributed by atoms with Gasteiger partial charge in [0.05, 0.1) is 40.3 Å². The number of aliphatic carboxylic acids is 1. The van der Waals surface area contributed by atoms with Crippen molar-refractivity contribution in [3.05, 3.63) is 122 Å². The minimum atomic E-state index is -1.63. The molecule has 0 fully saturated rings. The number of hydrogen-bond acceptors (Lipinski definition) is 8. The minimum Gasteiger partial charge on any atom is -0.545 e. The normalized spacial score (nSPS) is 13.4. The molecule has 0 heterocycles. The van der Waals surface area contributed by atoms with Crippen LogP contribution < -0.4 is 5.11 Å². The van der Waals surface area contributed by atoms with Crippen LogP contribution in [0.1, 0.15) is 309 Å². The van der Waals surface area contributed by atoms with Crippen LogP contribution in [0.2, 0.25) is 0 Å². The molecule has 9 heteroatoms. The molecule has 2 atom stereocenters. The molecule has 2 unspecified atom stereocenters. The predicted molar refractivity (Wildman–Crippen MR) is 380 cm³/mol. The van der Waals surface area contributed by atoms with E-state index in [9.17, 15) is 19.5 Å². The summed E-state index contributed by atoms with van der Waals surface area (Å²) in [4.78, 5) is 37.5. The molecule has 9 nitrogen and oxygen atoms in total. The van der Waals surface area contributed by atoms with Gasteiger partial charge in [-0.3, -0.25) is 9.59 Å². The van der Waals surface area contributed by atoms with Crippen LogP contribution in [-0.2, 0) is 33.3 Å². The van der Waals surface area contributed by atoms with Gasteiger partial charge < -0.3 is 33.3 Å². The molecule has 0 spiro atoms. The highest BCUT2D eigenvalue weighted by Crippen LogP contribution is 2.18. The van der Waals surface area contributed by atoms with Crippen molar-refractivity contribution in [1.29, 1.82) is 0 Å². The second-order valence-electron chi connectivity index (χ2n) is 25.5. The molecule has 0 bridgehead atoms. The average Bonchev–Trinajstić information content (AvgIpc) is 3.70. The molecular formula is C80H137NO8. The number of nitrogens with zero attached hydrogens (tertiary/aromatic N) is 1. The molecule has 510 valence electrons. The predicted octanol–water partition coefficient (Wildman–Crippen LogP) is 21.8. The summed E-state index contributed by atoms with van der Waals surface area (Å²) in [5.41, 5.74) is 0. The van der Waals surface area contributed by atoms with Crippen LogP contribution in [-0.4, -0.2) is 82.3 Å². The molecular weight excluding hydrogens is 1100 g/mol. The van der Waals surface area contributed by atoms with Crippen molar-refractivity contribution in [1.82, 2.24) is 0 Å². The van der Waals surface area contributed by atoms with E-state index in [1.165, 1.54) is 154 Å². The fourth-order valence-corrected chi connectivity index (χ4v) is 10.2. The van der Waals surface area contributed by atoms with Crippen LogP contribution in [0.3, 0.4) is 0 Å². The number of rotatable bonds is 67. The van der Waals surface area contributed by atoms with Crippen molar-refractivity contribution >= 4 is 17.9 Å². The first-order chi connectivity index (χ1) is 43.6. The topological polar surface area (TPSA) is 111 Å². The van der Waals surface area contributed by atoms with Crippen molar-refractivity contribution < 1.29 is 42.9 Å². The van der Waals surface area contributed by atoms with Crippen molar-refractivity contribution in [2.24, 2.45) is 0 Å². The third-order valence-corrected chi connectivity index (χ3v) is 15.7. The SMILES string of the molecule is CC/C=C\C/C=C\C/C=C\C/C=C\C/C=C\C/C=C\C/C=C\C/C=C\C/C=C\C/C=C\CCCCCCCCC(=O)OC(COC(=O)CCCCCCCCCCCCCCCCCCCCCCCCCCCCC)COC(OCC[N+](C)(C)C)C(=O)[O-]. The number of carboxylic acids is 1. The van der Waals surface area contributed by atoms with Gasteiger partial charge in [-0.05, 0) is 89.9 Å². The summed E-state index contributed by atoms with van der Waals surface area (Å²) >= 11 is 0. The van der Waals surface area contributed by atoms with E-state index in [4.69, 9.17) is 18.9 Å². The fourth-order valence-electron chi connectivity index (χ4n) is 10.2. The van der Waals surface area contributed by atoms with Gasteiger partial charge in [-0.1, -0.05) is 328 Å². The molecule has 0 rings (SSSR count). The monoisotopic (exact) mass is 1240 g/mol. The van der Waals surface area contributed by atoms with E-state index in [0.717, 1.165) is 122 Å². The lowest BCUT2D eigenvalue weighted by Crippen LogP contribution is -2.44. The van der Waals surface area contributed by atoms with E-state index < -0.39 is 24.3 Å². The maximum atomic E-state index is 12.9. The Bertz CT molecular complexity index is 1880. The number of allylic oxidation sites excluding steroid dienone is 20. The number of likely N-dealkylation sites (N-methyl/N-ethyl adjacent to an activating group) is 1. The number of ether oxygens (including phenoxy) is 4. The minimum absolute atomic E-state index is 0.140. The van der Waals surface area contributed by atoms with Gasteiger partial charge in [-0.2, -0.15) is 0 Å². The van der Waals surface area contributed by atoms with E-state index in [-0.39, 0.29) is 38.6 Å². The highest BCUT2D eigenvalue weighted by molar-refractivity contribution is 5.70. The summed E-state index contributed by atoms with van der Waals surface area (Å²) in [6, 6.07) is 0. The van der Waals surface area contributed by atoms with Crippen LogP contribution in [0.15, 0.2) is 122 Å². The Morgan fingerprint density at radius 3 is 0.955 bits per heavy atom. The second-order valence-corrected chi connectivity index (χ2v) is 25.5. The van der Waals surface area contributed by atoms with Gasteiger partial charge in [0.25, 0.3) is 0 Å². The van der Waals surface area contributed by atoms with Crippen molar-refractivity contribution in [3.63, 3.8) is 0 Å². The van der Waals surface area contributed by atoms with Gasteiger partial charge >= 0.3 is 11.9 Å². The first kappa shape index (κ1) is 84.7. The number of carbonyl (C=O) groups is 3. The van der Waals surface area contributed by atoms with Gasteiger partial charge in [0.15, 0.2) is 12.4 Å². The van der Waals surface area contributed by atoms with Crippen LogP contribution in [0.4, 0.5) is 0 Å². The molecule has 0 radical (unpaired) electrons. The number of hydrogen-bond donors (Lipinski definition) is 0. The Morgan fingerprint density at radius 2 is 0.640 bits per heavy atom. The Balaban J connectivity index is 4.17. The first-order valence-corrected chi connectivity index (χ1v) is 36.7. The lowest BCUT2D eigenvalue weighted by atomic mass is 10.0. The van der Waals surface area contributed by atoms with E-state index >= 15 is 0 Å². The van der Waals surface area contributed by atoms with E-state index in [2.05, 4.69) is 135 Å². The molecule has 89 heavy (non-hydrogen) atoms. The van der Waals surface area contributed by atoms with Gasteiger partial charge in [0.2, 0.25) is 0 Å². The highest BCUT2D eigenvalue weighted by Gasteiger charge is 2.22. The zero-order valence-electron chi connectivity index (χ0n) is 58.3. The van der Waals surface area contributed by atoms with Gasteiger partial charge in [-0.15, -0.1) is 0 Å². The Labute approximate surface area is 548 Å². The molecule has 0 saturated heterocycles. The molecule has 0 aromatic carbocycles. The molecule has 0 amide bonds. The summed E-state index contributed by atoms with van der Waals surface area (Å²) < 4.78 is 22.8. The summed E-state index contributed by atoms with van der Waals surface area (Å²) in [5, 5.41) is 11.8. The fraction of sp³-hybridized carbons (Fsp3) is 0.713. The maximum absolute atomic E-state index is 12.9. The smallest absolute Gasteiger partial charge is 0.306 e. The summed E-state index contributed by atoms with van der Waals surface area (Å²) in [5.74, 6) is -2.30. The van der Waals surface area contributed by atoms with E-state index in [1.54, 1.807) is 0 Å². The van der Waals surface area contributed by atoms with Crippen LogP contribution in [0.5, 0.6) is 0 Å². The molecule has 0 aliphatic heterocycles. The largest absolute Gasteiger partial charge is 0.545 e. The third-order valence-electron chi connectivity index (χ3n) is 15.7. The first-order valence-electron chi connectivity index (χ1n) is 36.7. The van der Waals surface area contributed by atoms with Crippen molar-refractivity contribution in [2.75, 3.05) is 47.5 Å². The Hall–Kier alpha value is -4.31.